The molecule has 0 spiro atoms. The lowest BCUT2D eigenvalue weighted by Crippen LogP contribution is -2.40. The first-order valence-electron chi connectivity index (χ1n) is 9.87. The minimum atomic E-state index is 0.737. The third-order valence-electron chi connectivity index (χ3n) is 4.82. The maximum absolute atomic E-state index is 4.71. The Balaban J connectivity index is 1.70. The molecule has 1 aromatic rings. The van der Waals surface area contributed by atoms with Crippen LogP contribution in [-0.2, 0) is 13.0 Å². The first kappa shape index (κ1) is 19.7. The van der Waals surface area contributed by atoms with Crippen molar-refractivity contribution in [2.24, 2.45) is 4.99 Å². The number of guanidine groups is 1. The van der Waals surface area contributed by atoms with Crippen molar-refractivity contribution in [1.82, 2.24) is 30.3 Å². The van der Waals surface area contributed by atoms with Gasteiger partial charge in [-0.15, -0.1) is 10.2 Å². The van der Waals surface area contributed by atoms with Crippen LogP contribution in [0, 0.1) is 0 Å². The molecular weight excluding hydrogens is 314 g/mol. The molecule has 0 saturated carbocycles. The van der Waals surface area contributed by atoms with Gasteiger partial charge in [0.05, 0.1) is 0 Å². The van der Waals surface area contributed by atoms with Gasteiger partial charge in [0.1, 0.15) is 12.2 Å². The van der Waals surface area contributed by atoms with Crippen LogP contribution < -0.4 is 10.6 Å². The van der Waals surface area contributed by atoms with Crippen LogP contribution in [0.4, 0.5) is 0 Å². The van der Waals surface area contributed by atoms with Gasteiger partial charge in [-0.1, -0.05) is 13.3 Å². The molecule has 1 aromatic heterocycles. The van der Waals surface area contributed by atoms with Gasteiger partial charge >= 0.3 is 0 Å². The lowest BCUT2D eigenvalue weighted by Gasteiger charge is -2.33. The molecule has 1 unspecified atom stereocenters. The number of rotatable bonds is 9. The zero-order valence-corrected chi connectivity index (χ0v) is 16.2. The standard InChI is InChI=1S/C18H35N7/c1-4-17-23-22-15-25(17)14-11-21-18(19-5-2)20-10-8-13-24-12-7-6-9-16(24)3/h15-16H,4-14H2,1-3H3,(H2,19,20,21). The van der Waals surface area contributed by atoms with Gasteiger partial charge in [-0.2, -0.15) is 0 Å². The van der Waals surface area contributed by atoms with Crippen LogP contribution in [-0.4, -0.2) is 64.4 Å². The average molecular weight is 350 g/mol. The van der Waals surface area contributed by atoms with Crippen molar-refractivity contribution in [3.05, 3.63) is 12.2 Å². The van der Waals surface area contributed by atoms with E-state index in [0.717, 1.165) is 63.4 Å². The Morgan fingerprint density at radius 2 is 2.16 bits per heavy atom. The molecule has 1 atom stereocenters. The average Bonchev–Trinajstić information content (AvgIpc) is 3.07. The van der Waals surface area contributed by atoms with Crippen molar-refractivity contribution in [3.8, 4) is 0 Å². The van der Waals surface area contributed by atoms with Crippen LogP contribution in [0.5, 0.6) is 0 Å². The fourth-order valence-electron chi connectivity index (χ4n) is 3.33. The molecule has 7 nitrogen and oxygen atoms in total. The third kappa shape index (κ3) is 6.65. The number of hydrogen-bond acceptors (Lipinski definition) is 4. The van der Waals surface area contributed by atoms with Crippen LogP contribution in [0.15, 0.2) is 11.3 Å². The second-order valence-corrected chi connectivity index (χ2v) is 6.72. The molecule has 25 heavy (non-hydrogen) atoms. The van der Waals surface area contributed by atoms with Gasteiger partial charge < -0.3 is 20.1 Å². The minimum absolute atomic E-state index is 0.737. The second kappa shape index (κ2) is 11.1. The smallest absolute Gasteiger partial charge is 0.191 e. The summed E-state index contributed by atoms with van der Waals surface area (Å²) in [6.07, 6.45) is 7.90. The number of nitrogens with one attached hydrogen (secondary N) is 2. The third-order valence-corrected chi connectivity index (χ3v) is 4.82. The highest BCUT2D eigenvalue weighted by Gasteiger charge is 2.16. The Bertz CT molecular complexity index is 511. The highest BCUT2D eigenvalue weighted by molar-refractivity contribution is 5.79. The molecule has 142 valence electrons. The Morgan fingerprint density at radius 1 is 1.28 bits per heavy atom. The van der Waals surface area contributed by atoms with E-state index in [1.54, 1.807) is 6.33 Å². The number of likely N-dealkylation sites (tertiary alicyclic amines) is 1. The Labute approximate surface area is 152 Å². The Hall–Kier alpha value is -1.63. The maximum atomic E-state index is 4.71. The number of aryl methyl sites for hydroxylation is 1. The summed E-state index contributed by atoms with van der Waals surface area (Å²) in [6, 6.07) is 0.737. The topological polar surface area (TPSA) is 70.4 Å². The SMILES string of the molecule is CCNC(=NCCCN1CCCCC1C)NCCn1cnnc1CC. The summed E-state index contributed by atoms with van der Waals surface area (Å²) in [5.41, 5.74) is 0. The largest absolute Gasteiger partial charge is 0.357 e. The van der Waals surface area contributed by atoms with Crippen LogP contribution in [0.1, 0.15) is 52.3 Å². The maximum Gasteiger partial charge on any atom is 0.191 e. The van der Waals surface area contributed by atoms with E-state index in [-0.39, 0.29) is 0 Å². The lowest BCUT2D eigenvalue weighted by atomic mass is 10.0. The molecule has 0 bridgehead atoms. The van der Waals surface area contributed by atoms with Gasteiger partial charge in [-0.05, 0) is 39.7 Å². The summed E-state index contributed by atoms with van der Waals surface area (Å²) in [6.45, 7) is 12.4. The minimum Gasteiger partial charge on any atom is -0.357 e. The fourth-order valence-corrected chi connectivity index (χ4v) is 3.33. The van der Waals surface area contributed by atoms with Gasteiger partial charge in [0.25, 0.3) is 0 Å². The van der Waals surface area contributed by atoms with Crippen molar-refractivity contribution < 1.29 is 0 Å². The van der Waals surface area contributed by atoms with Crippen LogP contribution in [0.25, 0.3) is 0 Å². The quantitative estimate of drug-likeness (QED) is 0.403. The molecular formula is C18H35N7. The normalized spacial score (nSPS) is 19.2. The Kier molecular flexibility index (Phi) is 8.72. The molecule has 1 aliphatic heterocycles. The van der Waals surface area contributed by atoms with Gasteiger partial charge in [-0.3, -0.25) is 4.99 Å². The van der Waals surface area contributed by atoms with E-state index in [4.69, 9.17) is 4.99 Å². The monoisotopic (exact) mass is 349 g/mol. The first-order valence-corrected chi connectivity index (χ1v) is 9.87. The van der Waals surface area contributed by atoms with Crippen molar-refractivity contribution >= 4 is 5.96 Å². The van der Waals surface area contributed by atoms with E-state index in [0.29, 0.717) is 0 Å². The summed E-state index contributed by atoms with van der Waals surface area (Å²) in [7, 11) is 0. The van der Waals surface area contributed by atoms with Gasteiger partial charge in [-0.25, -0.2) is 0 Å². The molecule has 7 heteroatoms. The molecule has 2 heterocycles. The molecule has 1 aliphatic rings. The van der Waals surface area contributed by atoms with E-state index < -0.39 is 0 Å². The van der Waals surface area contributed by atoms with Gasteiger partial charge in [0, 0.05) is 45.2 Å². The summed E-state index contributed by atoms with van der Waals surface area (Å²) in [5, 5.41) is 14.8. The van der Waals surface area contributed by atoms with Gasteiger partial charge in [0.15, 0.2) is 5.96 Å². The molecule has 2 N–H and O–H groups in total. The summed E-state index contributed by atoms with van der Waals surface area (Å²) in [4.78, 5) is 7.32. The number of nitrogens with zero attached hydrogens (tertiary/aromatic N) is 5. The molecule has 1 saturated heterocycles. The number of hydrogen-bond donors (Lipinski definition) is 2. The van der Waals surface area contributed by atoms with Crippen LogP contribution >= 0.6 is 0 Å². The van der Waals surface area contributed by atoms with Crippen molar-refractivity contribution in [2.75, 3.05) is 32.7 Å². The van der Waals surface area contributed by atoms with Crippen LogP contribution in [0.3, 0.4) is 0 Å². The number of aliphatic imine (C=N–C) groups is 1. The fraction of sp³-hybridized carbons (Fsp3) is 0.833. The molecule has 0 radical (unpaired) electrons. The van der Waals surface area contributed by atoms with E-state index in [1.165, 1.54) is 25.8 Å². The van der Waals surface area contributed by atoms with Crippen molar-refractivity contribution in [1.29, 1.82) is 0 Å². The van der Waals surface area contributed by atoms with Crippen molar-refractivity contribution in [2.45, 2.75) is 65.5 Å². The van der Waals surface area contributed by atoms with Gasteiger partial charge in [0.2, 0.25) is 0 Å². The van der Waals surface area contributed by atoms with E-state index in [9.17, 15) is 0 Å². The number of piperidine rings is 1. The first-order chi connectivity index (χ1) is 12.2. The van der Waals surface area contributed by atoms with E-state index >= 15 is 0 Å². The zero-order chi connectivity index (χ0) is 17.9. The summed E-state index contributed by atoms with van der Waals surface area (Å²) in [5.74, 6) is 1.93. The lowest BCUT2D eigenvalue weighted by molar-refractivity contribution is 0.160. The summed E-state index contributed by atoms with van der Waals surface area (Å²) >= 11 is 0. The van der Waals surface area contributed by atoms with E-state index in [1.807, 2.05) is 0 Å². The molecule has 0 amide bonds. The van der Waals surface area contributed by atoms with Crippen molar-refractivity contribution in [3.63, 3.8) is 0 Å². The predicted molar refractivity (Wildman–Crippen MR) is 103 cm³/mol. The highest BCUT2D eigenvalue weighted by Crippen LogP contribution is 2.16. The second-order valence-electron chi connectivity index (χ2n) is 6.72. The molecule has 0 aliphatic carbocycles. The highest BCUT2D eigenvalue weighted by atomic mass is 15.3. The van der Waals surface area contributed by atoms with E-state index in [2.05, 4.69) is 51.1 Å². The number of aromatic nitrogens is 3. The molecule has 0 aromatic carbocycles. The van der Waals surface area contributed by atoms with Crippen LogP contribution in [0.2, 0.25) is 0 Å². The zero-order valence-electron chi connectivity index (χ0n) is 16.2. The molecule has 2 rings (SSSR count). The summed E-state index contributed by atoms with van der Waals surface area (Å²) < 4.78 is 2.09. The predicted octanol–water partition coefficient (Wildman–Crippen LogP) is 1.66. The Morgan fingerprint density at radius 3 is 2.92 bits per heavy atom. The molecule has 1 fully saturated rings.